The van der Waals surface area contributed by atoms with Crippen molar-refractivity contribution in [2.75, 3.05) is 54.1 Å². The van der Waals surface area contributed by atoms with Gasteiger partial charge in [-0.1, -0.05) is 30.3 Å². The zero-order valence-electron chi connectivity index (χ0n) is 18.5. The Bertz CT molecular complexity index is 565. The van der Waals surface area contributed by atoms with Gasteiger partial charge in [-0.3, -0.25) is 9.89 Å². The summed E-state index contributed by atoms with van der Waals surface area (Å²) >= 11 is 0. The number of nitrogens with zero attached hydrogens (tertiary/aromatic N) is 3. The smallest absolute Gasteiger partial charge is 0.193 e. The van der Waals surface area contributed by atoms with Crippen LogP contribution in [-0.4, -0.2) is 82.0 Å². The van der Waals surface area contributed by atoms with Gasteiger partial charge in [-0.15, -0.1) is 24.0 Å². The van der Waals surface area contributed by atoms with Gasteiger partial charge >= 0.3 is 0 Å². The minimum atomic E-state index is 0. The van der Waals surface area contributed by atoms with Crippen molar-refractivity contribution in [2.45, 2.75) is 44.9 Å². The zero-order valence-corrected chi connectivity index (χ0v) is 20.8. The van der Waals surface area contributed by atoms with Crippen LogP contribution in [0.4, 0.5) is 0 Å². The molecule has 0 spiro atoms. The van der Waals surface area contributed by atoms with Crippen molar-refractivity contribution in [2.24, 2.45) is 4.99 Å². The summed E-state index contributed by atoms with van der Waals surface area (Å²) in [7, 11) is 5.78. The summed E-state index contributed by atoms with van der Waals surface area (Å²) in [5.41, 5.74) is 1.34. The zero-order chi connectivity index (χ0) is 20.2. The number of piperidine rings is 1. The molecule has 1 heterocycles. The molecule has 7 heteroatoms. The van der Waals surface area contributed by atoms with Crippen molar-refractivity contribution in [3.63, 3.8) is 0 Å². The number of ether oxygens (including phenoxy) is 2. The number of aliphatic imine (C=N–C) groups is 1. The normalized spacial score (nSPS) is 16.6. The summed E-state index contributed by atoms with van der Waals surface area (Å²) < 4.78 is 11.0. The second kappa shape index (κ2) is 15.0. The van der Waals surface area contributed by atoms with E-state index in [9.17, 15) is 0 Å². The maximum absolute atomic E-state index is 5.96. The molecular formula is C22H39IN4O2. The minimum Gasteiger partial charge on any atom is -0.385 e. The average Bonchev–Trinajstić information content (AvgIpc) is 2.73. The Labute approximate surface area is 194 Å². The molecule has 1 fully saturated rings. The molecule has 1 aliphatic rings. The number of guanidine groups is 1. The first-order valence-electron chi connectivity index (χ1n) is 10.4. The molecule has 0 amide bonds. The van der Waals surface area contributed by atoms with E-state index in [0.717, 1.165) is 64.6 Å². The largest absolute Gasteiger partial charge is 0.385 e. The fourth-order valence-electron chi connectivity index (χ4n) is 3.44. The lowest BCUT2D eigenvalue weighted by atomic mass is 10.1. The molecule has 2 rings (SSSR count). The Morgan fingerprint density at radius 3 is 2.55 bits per heavy atom. The lowest BCUT2D eigenvalue weighted by Gasteiger charge is -2.35. The van der Waals surface area contributed by atoms with Crippen LogP contribution < -0.4 is 5.32 Å². The van der Waals surface area contributed by atoms with Crippen molar-refractivity contribution < 1.29 is 9.47 Å². The molecular weight excluding hydrogens is 479 g/mol. The van der Waals surface area contributed by atoms with Crippen molar-refractivity contribution in [1.82, 2.24) is 15.1 Å². The summed E-state index contributed by atoms with van der Waals surface area (Å²) in [5.74, 6) is 0.998. The highest BCUT2D eigenvalue weighted by Gasteiger charge is 2.22. The van der Waals surface area contributed by atoms with Gasteiger partial charge in [-0.25, -0.2) is 0 Å². The van der Waals surface area contributed by atoms with Crippen molar-refractivity contribution in [1.29, 1.82) is 0 Å². The van der Waals surface area contributed by atoms with E-state index in [1.165, 1.54) is 5.56 Å². The predicted molar refractivity (Wildman–Crippen MR) is 131 cm³/mol. The van der Waals surface area contributed by atoms with Crippen LogP contribution in [0, 0.1) is 0 Å². The topological polar surface area (TPSA) is 49.3 Å². The molecule has 1 aromatic rings. The number of halogens is 1. The first-order chi connectivity index (χ1) is 13.6. The molecule has 6 nitrogen and oxygen atoms in total. The lowest BCUT2D eigenvalue weighted by Crippen LogP contribution is -2.49. The van der Waals surface area contributed by atoms with Crippen molar-refractivity contribution in [3.05, 3.63) is 35.9 Å². The Hall–Kier alpha value is -0.900. The summed E-state index contributed by atoms with van der Waals surface area (Å²) in [5, 5.41) is 3.56. The van der Waals surface area contributed by atoms with Gasteiger partial charge in [0, 0.05) is 59.6 Å². The van der Waals surface area contributed by atoms with E-state index < -0.39 is 0 Å². The Morgan fingerprint density at radius 2 is 1.93 bits per heavy atom. The van der Waals surface area contributed by atoms with Crippen LogP contribution in [0.25, 0.3) is 0 Å². The molecule has 1 aliphatic heterocycles. The van der Waals surface area contributed by atoms with Crippen LogP contribution in [0.15, 0.2) is 35.3 Å². The van der Waals surface area contributed by atoms with Gasteiger partial charge in [-0.2, -0.15) is 0 Å². The number of likely N-dealkylation sites (tertiary alicyclic amines) is 1. The summed E-state index contributed by atoms with van der Waals surface area (Å²) in [6.07, 6.45) is 3.44. The minimum absolute atomic E-state index is 0. The first kappa shape index (κ1) is 26.1. The van der Waals surface area contributed by atoms with E-state index in [1.54, 1.807) is 7.11 Å². The highest BCUT2D eigenvalue weighted by molar-refractivity contribution is 14.0. The molecule has 0 aliphatic carbocycles. The molecule has 0 saturated carbocycles. The second-order valence-corrected chi connectivity index (χ2v) is 7.58. The van der Waals surface area contributed by atoms with Crippen LogP contribution >= 0.6 is 24.0 Å². The standard InChI is InChI=1S/C22H38N4O2.HI/c1-19(25(3)18-20-9-6-5-7-10-20)17-24-22(23-2)26-13-11-21(12-14-26)28-16-8-15-27-4;/h5-7,9-10,19,21H,8,11-18H2,1-4H3,(H,23,24);1H. The fourth-order valence-corrected chi connectivity index (χ4v) is 3.44. The Morgan fingerprint density at radius 1 is 1.24 bits per heavy atom. The molecule has 1 unspecified atom stereocenters. The maximum Gasteiger partial charge on any atom is 0.193 e. The lowest BCUT2D eigenvalue weighted by molar-refractivity contribution is 0.00987. The Balaban J connectivity index is 0.00000420. The number of likely N-dealkylation sites (N-methyl/N-ethyl adjacent to an activating group) is 1. The van der Waals surface area contributed by atoms with Crippen LogP contribution in [0.2, 0.25) is 0 Å². The van der Waals surface area contributed by atoms with Gasteiger partial charge in [-0.05, 0) is 38.8 Å². The molecule has 29 heavy (non-hydrogen) atoms. The fraction of sp³-hybridized carbons (Fsp3) is 0.682. The summed E-state index contributed by atoms with van der Waals surface area (Å²) in [4.78, 5) is 9.21. The van der Waals surface area contributed by atoms with Gasteiger partial charge in [0.2, 0.25) is 0 Å². The van der Waals surface area contributed by atoms with E-state index in [-0.39, 0.29) is 24.0 Å². The number of hydrogen-bond donors (Lipinski definition) is 1. The number of nitrogens with one attached hydrogen (secondary N) is 1. The summed E-state index contributed by atoms with van der Waals surface area (Å²) in [6.45, 7) is 7.62. The maximum atomic E-state index is 5.96. The molecule has 1 N–H and O–H groups in total. The van der Waals surface area contributed by atoms with Crippen molar-refractivity contribution in [3.8, 4) is 0 Å². The van der Waals surface area contributed by atoms with Gasteiger partial charge < -0.3 is 19.7 Å². The highest BCUT2D eigenvalue weighted by atomic mass is 127. The van der Waals surface area contributed by atoms with Gasteiger partial charge in [0.1, 0.15) is 0 Å². The number of benzene rings is 1. The van der Waals surface area contributed by atoms with E-state index in [2.05, 4.69) is 64.4 Å². The SMILES string of the molecule is CN=C(NCC(C)N(C)Cc1ccccc1)N1CCC(OCCCOC)CC1.I. The molecule has 1 atom stereocenters. The third-order valence-corrected chi connectivity index (χ3v) is 5.38. The molecule has 0 bridgehead atoms. The average molecular weight is 518 g/mol. The van der Waals surface area contributed by atoms with Gasteiger partial charge in [0.25, 0.3) is 0 Å². The molecule has 0 radical (unpaired) electrons. The second-order valence-electron chi connectivity index (χ2n) is 7.58. The van der Waals surface area contributed by atoms with Gasteiger partial charge in [0.15, 0.2) is 5.96 Å². The molecule has 1 saturated heterocycles. The van der Waals surface area contributed by atoms with Crippen LogP contribution in [-0.2, 0) is 16.0 Å². The highest BCUT2D eigenvalue weighted by Crippen LogP contribution is 2.14. The first-order valence-corrected chi connectivity index (χ1v) is 10.4. The quantitative estimate of drug-likeness (QED) is 0.223. The predicted octanol–water partition coefficient (Wildman–Crippen LogP) is 3.22. The van der Waals surface area contributed by atoms with E-state index in [1.807, 2.05) is 7.05 Å². The molecule has 166 valence electrons. The van der Waals surface area contributed by atoms with Crippen LogP contribution in [0.5, 0.6) is 0 Å². The molecule has 1 aromatic carbocycles. The third kappa shape index (κ3) is 9.63. The number of rotatable bonds is 10. The van der Waals surface area contributed by atoms with E-state index >= 15 is 0 Å². The van der Waals surface area contributed by atoms with Gasteiger partial charge in [0.05, 0.1) is 6.10 Å². The summed E-state index contributed by atoms with van der Waals surface area (Å²) in [6, 6.07) is 11.0. The third-order valence-electron chi connectivity index (χ3n) is 5.38. The monoisotopic (exact) mass is 518 g/mol. The Kier molecular flexibility index (Phi) is 13.5. The number of hydrogen-bond acceptors (Lipinski definition) is 4. The van der Waals surface area contributed by atoms with Crippen LogP contribution in [0.1, 0.15) is 31.7 Å². The van der Waals surface area contributed by atoms with E-state index in [0.29, 0.717) is 12.1 Å². The van der Waals surface area contributed by atoms with Crippen LogP contribution in [0.3, 0.4) is 0 Å². The van der Waals surface area contributed by atoms with E-state index in [4.69, 9.17) is 9.47 Å². The molecule has 0 aromatic heterocycles. The van der Waals surface area contributed by atoms with Crippen molar-refractivity contribution >= 4 is 29.9 Å². The number of methoxy groups -OCH3 is 1.